The van der Waals surface area contributed by atoms with Crippen molar-refractivity contribution in [2.24, 2.45) is 0 Å². The Morgan fingerprint density at radius 3 is 1.55 bits per heavy atom. The van der Waals surface area contributed by atoms with Crippen LogP contribution >= 0.6 is 7.82 Å². The first-order chi connectivity index (χ1) is 26.6. The molecule has 0 heterocycles. The fraction of sp³-hybridized carbons (Fsp3) is 0.717. The van der Waals surface area contributed by atoms with E-state index in [1.807, 2.05) is 39.4 Å². The molecule has 1 unspecified atom stereocenters. The molecule has 0 N–H and O–H groups in total. The molecular formula is C46H82NO7P. The van der Waals surface area contributed by atoms with Gasteiger partial charge in [0.2, 0.25) is 0 Å². The summed E-state index contributed by atoms with van der Waals surface area (Å²) in [5, 5.41) is 0. The monoisotopic (exact) mass is 792 g/mol. The summed E-state index contributed by atoms with van der Waals surface area (Å²) in [6.07, 6.45) is 50.2. The summed E-state index contributed by atoms with van der Waals surface area (Å²) in [6.45, 7) is 4.61. The molecule has 0 bridgehead atoms. The molecular weight excluding hydrogens is 709 g/mol. The molecule has 0 aromatic heterocycles. The Bertz CT molecular complexity index is 1110. The zero-order valence-corrected chi connectivity index (χ0v) is 36.7. The number of hydrogen-bond acceptors (Lipinski definition) is 7. The molecule has 0 aromatic carbocycles. The third kappa shape index (κ3) is 42.8. The zero-order chi connectivity index (χ0) is 40.6. The van der Waals surface area contributed by atoms with Crippen LogP contribution in [0.25, 0.3) is 0 Å². The molecule has 0 amide bonds. The van der Waals surface area contributed by atoms with Gasteiger partial charge in [-0.25, -0.2) is 0 Å². The van der Waals surface area contributed by atoms with E-state index in [2.05, 4.69) is 62.5 Å². The lowest BCUT2D eigenvalue weighted by Gasteiger charge is -2.28. The third-order valence-corrected chi connectivity index (χ3v) is 9.80. The van der Waals surface area contributed by atoms with Gasteiger partial charge in [-0.1, -0.05) is 158 Å². The SMILES string of the molecule is CCCCC/C=C/C/C=C/C/C=C/C/C=C/C/C=C/CCC(=O)O[C@H](CO/C=C/CCCCCCCCCCCCCC)COP(=O)([O-])OCC[N+](C)(C)C. The van der Waals surface area contributed by atoms with Crippen molar-refractivity contribution in [3.63, 3.8) is 0 Å². The topological polar surface area (TPSA) is 94.1 Å². The van der Waals surface area contributed by atoms with Crippen LogP contribution in [0, 0.1) is 0 Å². The number of ether oxygens (including phenoxy) is 2. The van der Waals surface area contributed by atoms with Gasteiger partial charge in [-0.3, -0.25) is 9.36 Å². The third-order valence-electron chi connectivity index (χ3n) is 8.84. The first-order valence-electron chi connectivity index (χ1n) is 21.7. The molecule has 55 heavy (non-hydrogen) atoms. The second kappa shape index (κ2) is 38.6. The number of hydrogen-bond donors (Lipinski definition) is 0. The van der Waals surface area contributed by atoms with Gasteiger partial charge in [-0.15, -0.1) is 0 Å². The fourth-order valence-corrected chi connectivity index (χ4v) is 6.16. The number of phosphoric ester groups is 1. The van der Waals surface area contributed by atoms with Crippen LogP contribution in [0.4, 0.5) is 0 Å². The van der Waals surface area contributed by atoms with E-state index in [-0.39, 0.29) is 26.2 Å². The minimum Gasteiger partial charge on any atom is -0.756 e. The van der Waals surface area contributed by atoms with E-state index in [0.29, 0.717) is 17.4 Å². The summed E-state index contributed by atoms with van der Waals surface area (Å²) in [4.78, 5) is 25.0. The van der Waals surface area contributed by atoms with Gasteiger partial charge in [-0.05, 0) is 63.9 Å². The quantitative estimate of drug-likeness (QED) is 0.0153. The molecule has 9 heteroatoms. The zero-order valence-electron chi connectivity index (χ0n) is 35.8. The molecule has 0 rings (SSSR count). The summed E-state index contributed by atoms with van der Waals surface area (Å²) in [5.74, 6) is -0.438. The van der Waals surface area contributed by atoms with Gasteiger partial charge in [0.05, 0.1) is 34.0 Å². The second-order valence-electron chi connectivity index (χ2n) is 15.4. The Labute approximate surface area is 338 Å². The van der Waals surface area contributed by atoms with Crippen LogP contribution in [0.15, 0.2) is 73.1 Å². The summed E-state index contributed by atoms with van der Waals surface area (Å²) >= 11 is 0. The molecule has 0 aliphatic rings. The largest absolute Gasteiger partial charge is 0.756 e. The average molecular weight is 792 g/mol. The lowest BCUT2D eigenvalue weighted by molar-refractivity contribution is -0.870. The number of carbonyl (C=O) groups is 1. The van der Waals surface area contributed by atoms with Crippen molar-refractivity contribution in [1.29, 1.82) is 0 Å². The van der Waals surface area contributed by atoms with Crippen molar-refractivity contribution < 1.29 is 37.3 Å². The van der Waals surface area contributed by atoms with E-state index in [9.17, 15) is 14.3 Å². The molecule has 0 saturated heterocycles. The normalized spacial score (nSPS) is 14.4. The molecule has 0 spiro atoms. The summed E-state index contributed by atoms with van der Waals surface area (Å²) in [5.41, 5.74) is 0. The van der Waals surface area contributed by atoms with Crippen molar-refractivity contribution in [1.82, 2.24) is 0 Å². The number of rotatable bonds is 39. The standard InChI is InChI=1S/C46H82NO7P/c1-6-8-10-12-14-16-18-20-22-23-24-25-26-27-29-31-33-35-37-39-46(48)54-45(44-53-55(49,50)52-42-40-47(3,4)5)43-51-41-38-36-34-32-30-28-21-19-17-15-13-11-9-7-2/h14,16,20,22,24-25,27,29,33,35,38,41,45H,6-13,15,17-19,21,23,26,28,30-32,34,36-37,39-40,42-44H2,1-5H3/b16-14+,22-20+,25-24+,29-27+,35-33+,41-38+/t45-/m1/s1. The van der Waals surface area contributed by atoms with E-state index in [1.54, 1.807) is 6.26 Å². The van der Waals surface area contributed by atoms with Gasteiger partial charge in [0.1, 0.15) is 19.8 Å². The highest BCUT2D eigenvalue weighted by Crippen LogP contribution is 2.38. The predicted molar refractivity (Wildman–Crippen MR) is 231 cm³/mol. The van der Waals surface area contributed by atoms with E-state index < -0.39 is 19.9 Å². The molecule has 0 aliphatic carbocycles. The Balaban J connectivity index is 4.45. The number of esters is 1. The smallest absolute Gasteiger partial charge is 0.306 e. The van der Waals surface area contributed by atoms with Crippen molar-refractivity contribution in [3.8, 4) is 0 Å². The molecule has 318 valence electrons. The van der Waals surface area contributed by atoms with Crippen molar-refractivity contribution in [3.05, 3.63) is 73.1 Å². The second-order valence-corrected chi connectivity index (χ2v) is 16.8. The van der Waals surface area contributed by atoms with Crippen LogP contribution in [-0.4, -0.2) is 64.1 Å². The number of carbonyl (C=O) groups excluding carboxylic acids is 1. The maximum absolute atomic E-state index is 12.6. The minimum atomic E-state index is -4.56. The van der Waals surface area contributed by atoms with Gasteiger partial charge in [0.15, 0.2) is 6.10 Å². The lowest BCUT2D eigenvalue weighted by atomic mass is 10.0. The van der Waals surface area contributed by atoms with Gasteiger partial charge < -0.3 is 27.9 Å². The van der Waals surface area contributed by atoms with E-state index >= 15 is 0 Å². The highest BCUT2D eigenvalue weighted by atomic mass is 31.2. The highest BCUT2D eigenvalue weighted by molar-refractivity contribution is 7.45. The Hall–Kier alpha value is -2.22. The number of phosphoric acid groups is 1. The van der Waals surface area contributed by atoms with Crippen molar-refractivity contribution in [2.45, 2.75) is 168 Å². The van der Waals surface area contributed by atoms with Gasteiger partial charge in [0, 0.05) is 6.42 Å². The maximum atomic E-state index is 12.6. The maximum Gasteiger partial charge on any atom is 0.306 e. The molecule has 0 fully saturated rings. The number of allylic oxidation sites excluding steroid dienone is 11. The van der Waals surface area contributed by atoms with E-state index in [4.69, 9.17) is 18.5 Å². The van der Waals surface area contributed by atoms with Gasteiger partial charge in [0.25, 0.3) is 7.82 Å². The van der Waals surface area contributed by atoms with E-state index in [1.165, 1.54) is 96.3 Å². The van der Waals surface area contributed by atoms with Crippen LogP contribution in [0.5, 0.6) is 0 Å². The highest BCUT2D eigenvalue weighted by Gasteiger charge is 2.20. The van der Waals surface area contributed by atoms with Crippen LogP contribution in [0.1, 0.15) is 162 Å². The molecule has 0 aromatic rings. The number of nitrogens with zero attached hydrogens (tertiary/aromatic N) is 1. The number of likely N-dealkylation sites (N-methyl/N-ethyl adjacent to an activating group) is 1. The lowest BCUT2D eigenvalue weighted by Crippen LogP contribution is -2.37. The van der Waals surface area contributed by atoms with Crippen molar-refractivity contribution in [2.75, 3.05) is 47.5 Å². The van der Waals surface area contributed by atoms with Gasteiger partial charge >= 0.3 is 5.97 Å². The van der Waals surface area contributed by atoms with Crippen LogP contribution < -0.4 is 4.89 Å². The summed E-state index contributed by atoms with van der Waals surface area (Å²) in [6, 6.07) is 0. The Kier molecular flexibility index (Phi) is 37.1. The number of unbranched alkanes of at least 4 members (excludes halogenated alkanes) is 15. The van der Waals surface area contributed by atoms with E-state index in [0.717, 1.165) is 38.5 Å². The molecule has 0 saturated carbocycles. The first kappa shape index (κ1) is 52.8. The molecule has 0 aliphatic heterocycles. The number of quaternary nitrogens is 1. The predicted octanol–water partition coefficient (Wildman–Crippen LogP) is 12.4. The van der Waals surface area contributed by atoms with Crippen LogP contribution in [-0.2, 0) is 27.9 Å². The van der Waals surface area contributed by atoms with Gasteiger partial charge in [-0.2, -0.15) is 0 Å². The summed E-state index contributed by atoms with van der Waals surface area (Å²) < 4.78 is 34.2. The van der Waals surface area contributed by atoms with Crippen molar-refractivity contribution >= 4 is 13.8 Å². The Morgan fingerprint density at radius 2 is 1.02 bits per heavy atom. The Morgan fingerprint density at radius 1 is 0.582 bits per heavy atom. The average Bonchev–Trinajstić information content (AvgIpc) is 3.13. The minimum absolute atomic E-state index is 0.000485. The summed E-state index contributed by atoms with van der Waals surface area (Å²) in [7, 11) is 1.27. The molecule has 0 radical (unpaired) electrons. The first-order valence-corrected chi connectivity index (χ1v) is 23.2. The fourth-order valence-electron chi connectivity index (χ4n) is 5.43. The molecule has 8 nitrogen and oxygen atoms in total. The van der Waals surface area contributed by atoms with Crippen LogP contribution in [0.3, 0.4) is 0 Å². The molecule has 2 atom stereocenters. The van der Waals surface area contributed by atoms with Crippen LogP contribution in [0.2, 0.25) is 0 Å².